The number of hydrogen-bond donors (Lipinski definition) is 0. The van der Waals surface area contributed by atoms with Crippen LogP contribution in [0, 0.1) is 0 Å². The molecule has 2 nitrogen and oxygen atoms in total. The fourth-order valence-electron chi connectivity index (χ4n) is 10.8. The number of nitrogens with zero attached hydrogens (tertiary/aromatic N) is 2. The highest BCUT2D eigenvalue weighted by Gasteiger charge is 2.39. The molecule has 10 aromatic rings. The van der Waals surface area contributed by atoms with E-state index in [0.29, 0.717) is 5.82 Å². The minimum absolute atomic E-state index is 0.146. The average molecular weight is 793 g/mol. The third kappa shape index (κ3) is 5.36. The summed E-state index contributed by atoms with van der Waals surface area (Å²) < 4.78 is 0. The molecule has 2 aliphatic carbocycles. The molecule has 0 atom stereocenters. The molecule has 294 valence electrons. The van der Waals surface area contributed by atoms with Crippen molar-refractivity contribution in [2.24, 2.45) is 0 Å². The molecule has 0 N–H and O–H groups in total. The molecule has 0 aliphatic heterocycles. The van der Waals surface area contributed by atoms with Crippen LogP contribution in [-0.2, 0) is 10.8 Å². The Hall–Kier alpha value is -7.42. The number of aromatic nitrogens is 2. The van der Waals surface area contributed by atoms with E-state index in [9.17, 15) is 0 Å². The molecule has 0 amide bonds. The Morgan fingerprint density at radius 1 is 0.306 bits per heavy atom. The van der Waals surface area contributed by atoms with Crippen LogP contribution in [0.5, 0.6) is 0 Å². The molecule has 9 aromatic carbocycles. The summed E-state index contributed by atoms with van der Waals surface area (Å²) in [5.41, 5.74) is 20.1. The second kappa shape index (κ2) is 13.5. The van der Waals surface area contributed by atoms with Gasteiger partial charge in [0.15, 0.2) is 5.82 Å². The topological polar surface area (TPSA) is 25.8 Å². The molecule has 0 radical (unpaired) electrons. The Kier molecular flexibility index (Phi) is 7.96. The van der Waals surface area contributed by atoms with Gasteiger partial charge in [0.25, 0.3) is 0 Å². The maximum absolute atomic E-state index is 5.43. The van der Waals surface area contributed by atoms with Gasteiger partial charge in [0.05, 0.1) is 11.4 Å². The smallest absolute Gasteiger partial charge is 0.160 e. The van der Waals surface area contributed by atoms with Gasteiger partial charge in [-0.3, -0.25) is 0 Å². The van der Waals surface area contributed by atoms with E-state index in [1.807, 2.05) is 0 Å². The fraction of sp³-hybridized carbons (Fsp3) is 0.100. The zero-order chi connectivity index (χ0) is 41.7. The van der Waals surface area contributed by atoms with Crippen LogP contribution in [0.15, 0.2) is 194 Å². The lowest BCUT2D eigenvalue weighted by atomic mass is 9.80. The van der Waals surface area contributed by atoms with Crippen molar-refractivity contribution in [3.8, 4) is 78.4 Å². The molecular formula is C60H44N2. The second-order valence-corrected chi connectivity index (χ2v) is 18.1. The van der Waals surface area contributed by atoms with E-state index >= 15 is 0 Å². The van der Waals surface area contributed by atoms with Crippen LogP contribution in [0.4, 0.5) is 0 Å². The summed E-state index contributed by atoms with van der Waals surface area (Å²) in [4.78, 5) is 10.8. The zero-order valence-electron chi connectivity index (χ0n) is 35.4. The summed E-state index contributed by atoms with van der Waals surface area (Å²) in [5.74, 6) is 0.703. The van der Waals surface area contributed by atoms with Gasteiger partial charge in [-0.25, -0.2) is 9.97 Å². The number of hydrogen-bond acceptors (Lipinski definition) is 2. The first-order valence-corrected chi connectivity index (χ1v) is 21.7. The SMILES string of the molecule is CC1(C)c2cc3ccccc3cc2-c2c(-c3ccccc3-c3cc(-c4ccccc4-c4cc5c(c6ccccc46)-c4ccccc4C5(C)C)nc(-c4ccccc4)n3)cccc21. The maximum Gasteiger partial charge on any atom is 0.160 e. The standard InChI is InChI=1S/C60H44N2/c1-59(2)50-31-17-16-29-47(50)56-45-28-15-12-25-42(45)48(35-53(56)59)41-24-11-14-27-44(41)55-36-54(61-58(62-55)37-19-6-5-7-20-37)43-26-13-10-23-40(43)46-30-18-32-51-57(46)49-33-38-21-8-9-22-39(38)34-52(49)60(51,3)4/h5-36H,1-4H3. The first-order valence-electron chi connectivity index (χ1n) is 21.7. The van der Waals surface area contributed by atoms with Gasteiger partial charge in [-0.1, -0.05) is 198 Å². The number of benzene rings is 9. The van der Waals surface area contributed by atoms with E-state index < -0.39 is 0 Å². The number of fused-ring (bicyclic) bond motifs is 9. The Morgan fingerprint density at radius 2 is 0.823 bits per heavy atom. The van der Waals surface area contributed by atoms with Gasteiger partial charge in [-0.15, -0.1) is 0 Å². The highest BCUT2D eigenvalue weighted by Crippen LogP contribution is 2.55. The minimum atomic E-state index is -0.147. The van der Waals surface area contributed by atoms with Gasteiger partial charge < -0.3 is 0 Å². The Labute approximate surface area is 363 Å². The molecule has 12 rings (SSSR count). The van der Waals surface area contributed by atoms with E-state index in [0.717, 1.165) is 39.2 Å². The molecule has 0 saturated heterocycles. The van der Waals surface area contributed by atoms with Gasteiger partial charge in [0.1, 0.15) is 0 Å². The first kappa shape index (κ1) is 36.4. The Balaban J connectivity index is 1.08. The highest BCUT2D eigenvalue weighted by atomic mass is 14.9. The molecule has 2 aliphatic rings. The van der Waals surface area contributed by atoms with Gasteiger partial charge >= 0.3 is 0 Å². The summed E-state index contributed by atoms with van der Waals surface area (Å²) >= 11 is 0. The van der Waals surface area contributed by atoms with Crippen LogP contribution in [0.2, 0.25) is 0 Å². The van der Waals surface area contributed by atoms with Crippen molar-refractivity contribution in [1.82, 2.24) is 9.97 Å². The van der Waals surface area contributed by atoms with Gasteiger partial charge in [0, 0.05) is 27.5 Å². The first-order chi connectivity index (χ1) is 30.3. The van der Waals surface area contributed by atoms with Gasteiger partial charge in [0.2, 0.25) is 0 Å². The predicted molar refractivity (Wildman–Crippen MR) is 259 cm³/mol. The van der Waals surface area contributed by atoms with Gasteiger partial charge in [-0.2, -0.15) is 0 Å². The van der Waals surface area contributed by atoms with Crippen molar-refractivity contribution in [3.63, 3.8) is 0 Å². The van der Waals surface area contributed by atoms with E-state index in [1.54, 1.807) is 0 Å². The summed E-state index contributed by atoms with van der Waals surface area (Å²) in [6.07, 6.45) is 0. The highest BCUT2D eigenvalue weighted by molar-refractivity contribution is 6.10. The third-order valence-corrected chi connectivity index (χ3v) is 13.9. The van der Waals surface area contributed by atoms with Crippen molar-refractivity contribution in [1.29, 1.82) is 0 Å². The molecule has 2 heteroatoms. The zero-order valence-corrected chi connectivity index (χ0v) is 35.4. The summed E-state index contributed by atoms with van der Waals surface area (Å²) in [5, 5.41) is 5.05. The van der Waals surface area contributed by atoms with Crippen LogP contribution >= 0.6 is 0 Å². The van der Waals surface area contributed by atoms with E-state index in [1.165, 1.54) is 77.2 Å². The van der Waals surface area contributed by atoms with E-state index in [2.05, 4.69) is 222 Å². The lowest BCUT2D eigenvalue weighted by Gasteiger charge is -2.23. The molecule has 0 unspecified atom stereocenters. The number of rotatable bonds is 5. The molecule has 1 heterocycles. The summed E-state index contributed by atoms with van der Waals surface area (Å²) in [6.45, 7) is 9.47. The maximum atomic E-state index is 5.43. The molecule has 0 fully saturated rings. The van der Waals surface area contributed by atoms with Crippen LogP contribution in [0.3, 0.4) is 0 Å². The largest absolute Gasteiger partial charge is 0.228 e. The van der Waals surface area contributed by atoms with Crippen molar-refractivity contribution in [3.05, 3.63) is 216 Å². The van der Waals surface area contributed by atoms with Crippen molar-refractivity contribution < 1.29 is 0 Å². The van der Waals surface area contributed by atoms with E-state index in [4.69, 9.17) is 9.97 Å². The Morgan fingerprint density at radius 3 is 1.53 bits per heavy atom. The lowest BCUT2D eigenvalue weighted by Crippen LogP contribution is -2.15. The third-order valence-electron chi connectivity index (χ3n) is 13.9. The molecule has 1 aromatic heterocycles. The molecular weight excluding hydrogens is 749 g/mol. The summed E-state index contributed by atoms with van der Waals surface area (Å²) in [6, 6.07) is 71.0. The predicted octanol–water partition coefficient (Wildman–Crippen LogP) is 15.7. The van der Waals surface area contributed by atoms with Crippen molar-refractivity contribution >= 4 is 21.5 Å². The van der Waals surface area contributed by atoms with Crippen LogP contribution in [-0.4, -0.2) is 9.97 Å². The van der Waals surface area contributed by atoms with E-state index in [-0.39, 0.29) is 10.8 Å². The van der Waals surface area contributed by atoms with Crippen molar-refractivity contribution in [2.45, 2.75) is 38.5 Å². The molecule has 0 bridgehead atoms. The summed E-state index contributed by atoms with van der Waals surface area (Å²) in [7, 11) is 0. The average Bonchev–Trinajstić information content (AvgIpc) is 3.69. The Bertz CT molecular complexity index is 3460. The minimum Gasteiger partial charge on any atom is -0.228 e. The normalized spacial score (nSPS) is 14.1. The van der Waals surface area contributed by atoms with Crippen LogP contribution in [0.25, 0.3) is 100.0 Å². The van der Waals surface area contributed by atoms with Crippen molar-refractivity contribution in [2.75, 3.05) is 0 Å². The lowest BCUT2D eigenvalue weighted by molar-refractivity contribution is 0.661. The van der Waals surface area contributed by atoms with Crippen LogP contribution in [0.1, 0.15) is 49.9 Å². The van der Waals surface area contributed by atoms with Gasteiger partial charge in [-0.05, 0) is 113 Å². The molecule has 0 spiro atoms. The second-order valence-electron chi connectivity index (χ2n) is 18.1. The fourth-order valence-corrected chi connectivity index (χ4v) is 10.8. The van der Waals surface area contributed by atoms with Crippen LogP contribution < -0.4 is 0 Å². The molecule has 62 heavy (non-hydrogen) atoms. The molecule has 0 saturated carbocycles. The quantitative estimate of drug-likeness (QED) is 0.173. The monoisotopic (exact) mass is 792 g/mol.